The van der Waals surface area contributed by atoms with Crippen molar-refractivity contribution in [2.45, 2.75) is 0 Å². The molecule has 206 valence electrons. The van der Waals surface area contributed by atoms with Gasteiger partial charge < -0.3 is 0 Å². The predicted octanol–water partition coefficient (Wildman–Crippen LogP) is 9.40. The Morgan fingerprint density at radius 3 is 0.977 bits per heavy atom. The monoisotopic (exact) mass is 578 g/mol. The molecule has 6 aromatic carbocycles. The molecule has 4 nitrogen and oxygen atoms in total. The Balaban J connectivity index is 1.12. The minimum absolute atomic E-state index is 0.0529. The first-order valence-electron chi connectivity index (χ1n) is 13.9. The van der Waals surface area contributed by atoms with E-state index in [9.17, 15) is 17.6 Å². The van der Waals surface area contributed by atoms with Crippen molar-refractivity contribution in [3.8, 4) is 56.2 Å². The molecular formula is C36H14F4N4. The Hall–Kier alpha value is -5.76. The summed E-state index contributed by atoms with van der Waals surface area (Å²) in [5, 5.41) is 0.866. The molecule has 0 fully saturated rings. The molecule has 0 saturated carbocycles. The van der Waals surface area contributed by atoms with Gasteiger partial charge in [-0.25, -0.2) is 37.5 Å². The van der Waals surface area contributed by atoms with Crippen LogP contribution in [0, 0.1) is 23.3 Å². The Morgan fingerprint density at radius 1 is 0.318 bits per heavy atom. The van der Waals surface area contributed by atoms with Crippen molar-refractivity contribution in [1.29, 1.82) is 0 Å². The van der Waals surface area contributed by atoms with E-state index in [2.05, 4.69) is 0 Å². The zero-order chi connectivity index (χ0) is 29.4. The minimum Gasteiger partial charge on any atom is -0.244 e. The van der Waals surface area contributed by atoms with E-state index in [4.69, 9.17) is 19.9 Å². The summed E-state index contributed by atoms with van der Waals surface area (Å²) >= 11 is 0. The van der Waals surface area contributed by atoms with Gasteiger partial charge in [0.2, 0.25) is 0 Å². The lowest BCUT2D eigenvalue weighted by molar-refractivity contribution is 0.607. The number of hydrogen-bond acceptors (Lipinski definition) is 4. The van der Waals surface area contributed by atoms with Gasteiger partial charge in [0.25, 0.3) is 0 Å². The number of fused-ring (bicyclic) bond motifs is 8. The molecule has 0 aliphatic heterocycles. The molecule has 8 aromatic rings. The molecule has 10 rings (SSSR count). The van der Waals surface area contributed by atoms with Crippen molar-refractivity contribution in [3.05, 3.63) is 108 Å². The van der Waals surface area contributed by atoms with Gasteiger partial charge in [0.15, 0.2) is 0 Å². The van der Waals surface area contributed by atoms with Crippen LogP contribution in [0.4, 0.5) is 17.6 Å². The lowest BCUT2D eigenvalue weighted by Gasteiger charge is -2.08. The fraction of sp³-hybridized carbons (Fsp3) is 0. The summed E-state index contributed by atoms with van der Waals surface area (Å²) in [6.45, 7) is 0. The summed E-state index contributed by atoms with van der Waals surface area (Å²) in [4.78, 5) is 19.5. The highest BCUT2D eigenvalue weighted by atomic mass is 19.1. The van der Waals surface area contributed by atoms with Crippen molar-refractivity contribution < 1.29 is 17.6 Å². The standard InChI is InChI=1S/C36H14F4N4/c37-21-7-3-17-29-19(5-9-23(39)31(21)29)35-33(17)41-25-11-1-15(13-27(25)43-35)16-2-12-26-28(14-16)44-36-20-6-10-24(40)32-22(38)8-4-18(30(20)32)34(36)42-26/h1-14H. The Morgan fingerprint density at radius 2 is 0.636 bits per heavy atom. The SMILES string of the molecule is Fc1ccc2c3c(ccc(F)c13)-c1nc3cc(-c4ccc5nc6c(nc5c4)-c4ccc(F)c5c(F)ccc-6c45)ccc3nc1-2. The smallest absolute Gasteiger partial charge is 0.134 e. The third-order valence-electron chi connectivity index (χ3n) is 8.80. The number of rotatable bonds is 1. The van der Waals surface area contributed by atoms with Gasteiger partial charge in [-0.15, -0.1) is 0 Å². The number of hydrogen-bond donors (Lipinski definition) is 0. The first-order chi connectivity index (χ1) is 21.4. The summed E-state index contributed by atoms with van der Waals surface area (Å²) < 4.78 is 58.4. The lowest BCUT2D eigenvalue weighted by atomic mass is 10.0. The second-order valence-electron chi connectivity index (χ2n) is 11.1. The van der Waals surface area contributed by atoms with Crippen LogP contribution in [-0.4, -0.2) is 19.9 Å². The predicted molar refractivity (Wildman–Crippen MR) is 162 cm³/mol. The van der Waals surface area contributed by atoms with Crippen LogP contribution >= 0.6 is 0 Å². The Bertz CT molecular complexity index is 2470. The Labute approximate surface area is 245 Å². The van der Waals surface area contributed by atoms with Crippen molar-refractivity contribution in [1.82, 2.24) is 19.9 Å². The van der Waals surface area contributed by atoms with E-state index in [-0.39, 0.29) is 10.8 Å². The van der Waals surface area contributed by atoms with Gasteiger partial charge in [0, 0.05) is 33.0 Å². The van der Waals surface area contributed by atoms with E-state index in [1.807, 2.05) is 36.4 Å². The van der Waals surface area contributed by atoms with Crippen LogP contribution in [-0.2, 0) is 0 Å². The van der Waals surface area contributed by atoms with Crippen molar-refractivity contribution in [2.75, 3.05) is 0 Å². The van der Waals surface area contributed by atoms with Crippen LogP contribution in [0.1, 0.15) is 0 Å². The fourth-order valence-corrected chi connectivity index (χ4v) is 6.84. The van der Waals surface area contributed by atoms with Gasteiger partial charge in [-0.05, 0) is 83.9 Å². The number of benzene rings is 6. The molecule has 0 bridgehead atoms. The third-order valence-corrected chi connectivity index (χ3v) is 8.80. The van der Waals surface area contributed by atoms with Gasteiger partial charge in [0.05, 0.1) is 55.6 Å². The van der Waals surface area contributed by atoms with Gasteiger partial charge >= 0.3 is 0 Å². The molecule has 0 amide bonds. The first kappa shape index (κ1) is 23.8. The van der Waals surface area contributed by atoms with Crippen LogP contribution in [0.25, 0.3) is 99.8 Å². The third kappa shape index (κ3) is 2.92. The second kappa shape index (κ2) is 7.99. The maximum absolute atomic E-state index is 14.6. The van der Waals surface area contributed by atoms with Crippen molar-refractivity contribution in [2.24, 2.45) is 0 Å². The van der Waals surface area contributed by atoms with E-state index in [1.165, 1.54) is 24.3 Å². The molecule has 0 saturated heterocycles. The zero-order valence-electron chi connectivity index (χ0n) is 22.4. The summed E-state index contributed by atoms with van der Waals surface area (Å²) in [5.74, 6) is -2.47. The fourth-order valence-electron chi connectivity index (χ4n) is 6.84. The topological polar surface area (TPSA) is 51.6 Å². The van der Waals surface area contributed by atoms with Crippen molar-refractivity contribution >= 4 is 43.6 Å². The maximum Gasteiger partial charge on any atom is 0.134 e. The quantitative estimate of drug-likeness (QED) is 0.182. The molecule has 0 atom stereocenters. The maximum atomic E-state index is 14.6. The summed E-state index contributed by atoms with van der Waals surface area (Å²) in [6.07, 6.45) is 0. The summed E-state index contributed by atoms with van der Waals surface area (Å²) in [6, 6.07) is 23.0. The lowest BCUT2D eigenvalue weighted by Crippen LogP contribution is -1.93. The average Bonchev–Trinajstić information content (AvgIpc) is 3.51. The molecule has 0 N–H and O–H groups in total. The molecular weight excluding hydrogens is 564 g/mol. The van der Waals surface area contributed by atoms with Gasteiger partial charge in [-0.2, -0.15) is 0 Å². The van der Waals surface area contributed by atoms with E-state index >= 15 is 0 Å². The Kier molecular flexibility index (Phi) is 4.32. The van der Waals surface area contributed by atoms with Gasteiger partial charge in [-0.1, -0.05) is 12.1 Å². The molecule has 44 heavy (non-hydrogen) atoms. The van der Waals surface area contributed by atoms with E-state index in [0.29, 0.717) is 77.9 Å². The van der Waals surface area contributed by atoms with Crippen molar-refractivity contribution in [3.63, 3.8) is 0 Å². The largest absolute Gasteiger partial charge is 0.244 e. The average molecular weight is 579 g/mol. The number of nitrogens with zero attached hydrogens (tertiary/aromatic N) is 4. The van der Waals surface area contributed by atoms with E-state index in [1.54, 1.807) is 24.3 Å². The molecule has 2 aliphatic rings. The molecule has 0 unspecified atom stereocenters. The normalized spacial score (nSPS) is 12.5. The first-order valence-corrected chi connectivity index (χ1v) is 13.9. The van der Waals surface area contributed by atoms with Crippen LogP contribution in [0.2, 0.25) is 0 Å². The zero-order valence-corrected chi connectivity index (χ0v) is 22.4. The highest BCUT2D eigenvalue weighted by Gasteiger charge is 2.29. The van der Waals surface area contributed by atoms with E-state index in [0.717, 1.165) is 11.1 Å². The molecule has 8 heteroatoms. The summed E-state index contributed by atoms with van der Waals surface area (Å²) in [7, 11) is 0. The summed E-state index contributed by atoms with van der Waals surface area (Å²) in [5.41, 5.74) is 9.31. The second-order valence-corrected chi connectivity index (χ2v) is 11.1. The molecule has 2 heterocycles. The minimum atomic E-state index is -0.618. The van der Waals surface area contributed by atoms with Crippen LogP contribution in [0.15, 0.2) is 84.9 Å². The molecule has 2 aliphatic carbocycles. The highest BCUT2D eigenvalue weighted by molar-refractivity contribution is 6.15. The molecule has 0 radical (unpaired) electrons. The van der Waals surface area contributed by atoms with Crippen LogP contribution in [0.5, 0.6) is 0 Å². The van der Waals surface area contributed by atoms with Crippen LogP contribution in [0.3, 0.4) is 0 Å². The van der Waals surface area contributed by atoms with Crippen LogP contribution < -0.4 is 0 Å². The van der Waals surface area contributed by atoms with E-state index < -0.39 is 23.3 Å². The number of halogens is 4. The molecule has 0 spiro atoms. The highest BCUT2D eigenvalue weighted by Crippen LogP contribution is 2.48. The van der Waals surface area contributed by atoms with Gasteiger partial charge in [-0.3, -0.25) is 0 Å². The molecule has 2 aromatic heterocycles. The number of aromatic nitrogens is 4. The van der Waals surface area contributed by atoms with Gasteiger partial charge in [0.1, 0.15) is 23.3 Å².